The Hall–Kier alpha value is -2.77. The lowest BCUT2D eigenvalue weighted by Gasteiger charge is -2.28. The maximum Gasteiger partial charge on any atom is 0.319 e. The average molecular weight is 1480 g/mol. The summed E-state index contributed by atoms with van der Waals surface area (Å²) in [6.45, 7) is 27.8. The highest BCUT2D eigenvalue weighted by Gasteiger charge is 2.44. The van der Waals surface area contributed by atoms with E-state index in [-0.39, 0.29) is 19.6 Å². The van der Waals surface area contributed by atoms with E-state index >= 15 is 0 Å². The van der Waals surface area contributed by atoms with Crippen LogP contribution in [0.15, 0.2) is 12.7 Å². The first-order chi connectivity index (χ1) is 50.4. The van der Waals surface area contributed by atoms with E-state index in [0.29, 0.717) is 329 Å². The minimum Gasteiger partial charge on any atom is -0.481 e. The van der Waals surface area contributed by atoms with Crippen molar-refractivity contribution in [2.75, 3.05) is 310 Å². The molecule has 1 unspecified atom stereocenters. The van der Waals surface area contributed by atoms with Crippen LogP contribution in [0.4, 0.5) is 0 Å². The van der Waals surface area contributed by atoms with Crippen LogP contribution in [0.2, 0.25) is 0 Å². The van der Waals surface area contributed by atoms with Crippen LogP contribution in [-0.2, 0) is 123 Å². The van der Waals surface area contributed by atoms with Crippen LogP contribution in [0.1, 0.15) is 129 Å². The summed E-state index contributed by atoms with van der Waals surface area (Å²) in [5.41, 5.74) is -1.47. The van der Waals surface area contributed by atoms with Gasteiger partial charge in [-0.1, -0.05) is 89.5 Å². The summed E-state index contributed by atoms with van der Waals surface area (Å²) in [5, 5.41) is 22.1. The average Bonchev–Trinajstić information content (AvgIpc) is 0.820. The molecule has 0 aromatic heterocycles. The number of hydrogen-bond acceptors (Lipinski definition) is 26. The number of hydrogen-bond donors (Lipinski definition) is 3. The number of amides is 1. The molecule has 0 saturated carbocycles. The Kier molecular flexibility index (Phi) is 84.8. The zero-order valence-electron chi connectivity index (χ0n) is 63.0. The van der Waals surface area contributed by atoms with Crippen LogP contribution in [0.3, 0.4) is 0 Å². The van der Waals surface area contributed by atoms with Crippen LogP contribution >= 0.6 is 0 Å². The SMILES string of the molecule is C=CCCCCCCCCCC(CCCCCCCCCCC(=O)O)(C(=O)O)C(=O)NCCOCCOCCOCCOCCOCCOCCOCCOCCOCCOCCOCCOCCOCCOCCOCCOCCOCCOCCOCCOCCOCCOCCOCC. The third kappa shape index (κ3) is 78.3. The minimum absolute atomic E-state index is 0.207. The molecule has 0 aliphatic rings. The molecule has 0 rings (SSSR count). The van der Waals surface area contributed by atoms with Gasteiger partial charge in [-0.15, -0.1) is 6.58 Å². The molecule has 29 heteroatoms. The second kappa shape index (κ2) is 87.1. The molecule has 3 N–H and O–H groups in total. The van der Waals surface area contributed by atoms with Gasteiger partial charge in [0.15, 0.2) is 0 Å². The predicted octanol–water partition coefficient (Wildman–Crippen LogP) is 7.26. The standard InChI is InChI=1S/C73H141NO28/c1-3-5-6-7-8-10-13-16-19-22-73(72(78)79,23-20-17-14-11-9-12-15-18-21-70(75)76)71(77)74-24-25-81-28-29-83-32-33-85-36-37-87-40-41-89-44-45-91-48-49-93-52-53-95-56-57-97-60-61-99-64-65-101-68-69-102-67-66-100-63-62-98-59-58-96-55-54-94-51-50-92-47-46-90-43-42-88-39-38-86-35-34-84-31-30-82-27-26-80-4-2/h3H,1,4-69H2,2H3,(H,74,77)(H,75,76)(H,78,79). The number of carbonyl (C=O) groups is 3. The van der Waals surface area contributed by atoms with Crippen molar-refractivity contribution in [1.82, 2.24) is 5.32 Å². The van der Waals surface area contributed by atoms with Gasteiger partial charge in [-0.2, -0.15) is 0 Å². The molecule has 29 nitrogen and oxygen atoms in total. The predicted molar refractivity (Wildman–Crippen MR) is 383 cm³/mol. The molecule has 0 spiro atoms. The normalized spacial score (nSPS) is 12.2. The molecule has 102 heavy (non-hydrogen) atoms. The van der Waals surface area contributed by atoms with Crippen LogP contribution < -0.4 is 5.32 Å². The quantitative estimate of drug-likeness (QED) is 0.0306. The second-order valence-corrected chi connectivity index (χ2v) is 23.3. The van der Waals surface area contributed by atoms with Gasteiger partial charge in [-0.25, -0.2) is 0 Å². The van der Waals surface area contributed by atoms with Crippen LogP contribution in [0.25, 0.3) is 0 Å². The van der Waals surface area contributed by atoms with Gasteiger partial charge < -0.3 is 124 Å². The summed E-state index contributed by atoms with van der Waals surface area (Å²) in [6, 6.07) is 0. The Morgan fingerprint density at radius 3 is 0.657 bits per heavy atom. The summed E-state index contributed by atoms with van der Waals surface area (Å²) in [4.78, 5) is 37.1. The molecule has 1 atom stereocenters. The smallest absolute Gasteiger partial charge is 0.319 e. The fraction of sp³-hybridized carbons (Fsp3) is 0.932. The number of nitrogens with one attached hydrogen (secondary N) is 1. The lowest BCUT2D eigenvalue weighted by Crippen LogP contribution is -2.47. The van der Waals surface area contributed by atoms with Gasteiger partial charge in [-0.3, -0.25) is 14.4 Å². The highest BCUT2D eigenvalue weighted by molar-refractivity contribution is 6.01. The lowest BCUT2D eigenvalue weighted by atomic mass is 9.76. The van der Waals surface area contributed by atoms with E-state index in [1.165, 1.54) is 6.42 Å². The first-order valence-corrected chi connectivity index (χ1v) is 38.0. The fourth-order valence-corrected chi connectivity index (χ4v) is 9.41. The van der Waals surface area contributed by atoms with Crippen LogP contribution in [0.5, 0.6) is 0 Å². The molecule has 0 aliphatic heterocycles. The largest absolute Gasteiger partial charge is 0.481 e. The van der Waals surface area contributed by atoms with Crippen molar-refractivity contribution < 1.29 is 134 Å². The fourth-order valence-electron chi connectivity index (χ4n) is 9.41. The monoisotopic (exact) mass is 1480 g/mol. The van der Waals surface area contributed by atoms with Crippen molar-refractivity contribution >= 4 is 17.8 Å². The zero-order chi connectivity index (χ0) is 73.6. The molecule has 0 heterocycles. The molecule has 0 aromatic rings. The molecular weight excluding hydrogens is 1340 g/mol. The molecule has 1 amide bonds. The molecule has 0 radical (unpaired) electrons. The topological polar surface area (TPSA) is 316 Å². The summed E-state index contributed by atoms with van der Waals surface area (Å²) >= 11 is 0. The Morgan fingerprint density at radius 2 is 0.461 bits per heavy atom. The van der Waals surface area contributed by atoms with Gasteiger partial charge in [0.2, 0.25) is 5.91 Å². The second-order valence-electron chi connectivity index (χ2n) is 23.3. The molecule has 0 aliphatic carbocycles. The molecule has 0 saturated heterocycles. The van der Waals surface area contributed by atoms with Gasteiger partial charge in [-0.05, 0) is 39.0 Å². The minimum atomic E-state index is -1.47. The Morgan fingerprint density at radius 1 is 0.275 bits per heavy atom. The van der Waals surface area contributed by atoms with Crippen molar-refractivity contribution in [3.8, 4) is 0 Å². The number of rotatable bonds is 93. The van der Waals surface area contributed by atoms with Gasteiger partial charge in [0.1, 0.15) is 5.41 Å². The maximum atomic E-state index is 13.6. The first kappa shape index (κ1) is 99.2. The van der Waals surface area contributed by atoms with Gasteiger partial charge in [0.25, 0.3) is 0 Å². The summed E-state index contributed by atoms with van der Waals surface area (Å²) in [6.07, 6.45) is 18.1. The highest BCUT2D eigenvalue weighted by atomic mass is 16.6. The number of allylic oxidation sites excluding steroid dienone is 1. The van der Waals surface area contributed by atoms with Crippen LogP contribution in [0, 0.1) is 5.41 Å². The number of carbonyl (C=O) groups excluding carboxylic acids is 1. The third-order valence-electron chi connectivity index (χ3n) is 15.0. The summed E-state index contributed by atoms with van der Waals surface area (Å²) in [5.74, 6) is -2.26. The molecule has 0 bridgehead atoms. The van der Waals surface area contributed by atoms with E-state index < -0.39 is 23.3 Å². The highest BCUT2D eigenvalue weighted by Crippen LogP contribution is 2.33. The van der Waals surface area contributed by atoms with E-state index in [1.54, 1.807) is 0 Å². The van der Waals surface area contributed by atoms with E-state index in [2.05, 4.69) is 11.9 Å². The first-order valence-electron chi connectivity index (χ1n) is 38.0. The van der Waals surface area contributed by atoms with Crippen molar-refractivity contribution in [3.05, 3.63) is 12.7 Å². The summed E-state index contributed by atoms with van der Waals surface area (Å²) < 4.78 is 127. The molecule has 0 aromatic carbocycles. The molecular formula is C73H141NO28. The Bertz CT molecular complexity index is 1690. The number of aliphatic carboxylic acids is 2. The number of unbranched alkanes of at least 4 members (excludes halogenated alkanes) is 14. The lowest BCUT2D eigenvalue weighted by molar-refractivity contribution is -0.157. The van der Waals surface area contributed by atoms with Gasteiger partial charge >= 0.3 is 11.9 Å². The Balaban J connectivity index is 3.44. The van der Waals surface area contributed by atoms with E-state index in [4.69, 9.17) is 114 Å². The van der Waals surface area contributed by atoms with Crippen molar-refractivity contribution in [2.24, 2.45) is 5.41 Å². The van der Waals surface area contributed by atoms with Gasteiger partial charge in [0.05, 0.1) is 297 Å². The van der Waals surface area contributed by atoms with E-state index in [9.17, 15) is 19.5 Å². The van der Waals surface area contributed by atoms with E-state index in [0.717, 1.165) is 77.0 Å². The van der Waals surface area contributed by atoms with Crippen molar-refractivity contribution in [3.63, 3.8) is 0 Å². The Labute approximate surface area is 612 Å². The maximum absolute atomic E-state index is 13.6. The van der Waals surface area contributed by atoms with Gasteiger partial charge in [0, 0.05) is 19.6 Å². The van der Waals surface area contributed by atoms with E-state index in [1.807, 2.05) is 13.0 Å². The molecule has 606 valence electrons. The zero-order valence-corrected chi connectivity index (χ0v) is 63.0. The van der Waals surface area contributed by atoms with Crippen molar-refractivity contribution in [1.29, 1.82) is 0 Å². The van der Waals surface area contributed by atoms with Crippen molar-refractivity contribution in [2.45, 2.75) is 129 Å². The summed E-state index contributed by atoms with van der Waals surface area (Å²) in [7, 11) is 0. The number of carboxylic acid groups (broad SMARTS) is 2. The third-order valence-corrected chi connectivity index (χ3v) is 15.0. The number of ether oxygens (including phenoxy) is 23. The number of carboxylic acids is 2. The van der Waals surface area contributed by atoms with Crippen LogP contribution in [-0.4, -0.2) is 339 Å². The molecule has 0 fully saturated rings.